The highest BCUT2D eigenvalue weighted by atomic mass is 32.1. The van der Waals surface area contributed by atoms with Crippen LogP contribution in [0.1, 0.15) is 39.3 Å². The molecule has 0 unspecified atom stereocenters. The van der Waals surface area contributed by atoms with E-state index in [-0.39, 0.29) is 4.88 Å². The van der Waals surface area contributed by atoms with Crippen LogP contribution in [0.3, 0.4) is 0 Å². The minimum atomic E-state index is -1.00. The molecule has 24 heavy (non-hydrogen) atoms. The minimum absolute atomic E-state index is 0.195. The van der Waals surface area contributed by atoms with Gasteiger partial charge in [-0.25, -0.2) is 9.78 Å². The van der Waals surface area contributed by atoms with Gasteiger partial charge in [0.2, 0.25) is 0 Å². The number of ether oxygens (including phenoxy) is 1. The topological polar surface area (TPSA) is 83.2 Å². The first-order valence-electron chi connectivity index (χ1n) is 7.38. The molecule has 0 bridgehead atoms. The van der Waals surface area contributed by atoms with Crippen LogP contribution in [0.4, 0.5) is 0 Å². The van der Waals surface area contributed by atoms with Gasteiger partial charge < -0.3 is 9.84 Å². The summed E-state index contributed by atoms with van der Waals surface area (Å²) in [6.07, 6.45) is 2.21. The molecular weight excluding hydrogens is 324 g/mol. The zero-order valence-electron chi connectivity index (χ0n) is 13.2. The van der Waals surface area contributed by atoms with E-state index in [0.717, 1.165) is 24.2 Å². The number of hydrogen-bond donors (Lipinski definition) is 1. The Labute approximate surface area is 143 Å². The summed E-state index contributed by atoms with van der Waals surface area (Å²) in [6, 6.07) is 5.58. The second kappa shape index (κ2) is 6.35. The van der Waals surface area contributed by atoms with Crippen molar-refractivity contribution in [1.29, 1.82) is 5.26 Å². The number of thiazole rings is 1. The number of hydrogen-bond acceptors (Lipinski definition) is 5. The molecule has 1 heterocycles. The lowest BCUT2D eigenvalue weighted by Crippen LogP contribution is -1.94. The highest BCUT2D eigenvalue weighted by Crippen LogP contribution is 2.34. The smallest absolute Gasteiger partial charge is 0.347 e. The molecule has 1 saturated carbocycles. The van der Waals surface area contributed by atoms with Gasteiger partial charge in [-0.2, -0.15) is 5.26 Å². The van der Waals surface area contributed by atoms with Crippen LogP contribution in [0.15, 0.2) is 12.1 Å². The Morgan fingerprint density at radius 3 is 2.75 bits per heavy atom. The largest absolute Gasteiger partial charge is 0.495 e. The lowest BCUT2D eigenvalue weighted by Gasteiger charge is -2.07. The summed E-state index contributed by atoms with van der Waals surface area (Å²) >= 11 is 1.08. The van der Waals surface area contributed by atoms with Crippen molar-refractivity contribution in [3.63, 3.8) is 0 Å². The molecule has 1 fully saturated rings. The molecule has 0 spiro atoms. The zero-order chi connectivity index (χ0) is 17.3. The maximum Gasteiger partial charge on any atom is 0.347 e. The van der Waals surface area contributed by atoms with Crippen LogP contribution in [-0.4, -0.2) is 23.2 Å². The lowest BCUT2D eigenvalue weighted by atomic mass is 10.0. The monoisotopic (exact) mass is 338 g/mol. The van der Waals surface area contributed by atoms with Gasteiger partial charge in [0.05, 0.1) is 23.9 Å². The molecule has 120 valence electrons. The molecule has 3 rings (SSSR count). The van der Waals surface area contributed by atoms with E-state index in [4.69, 9.17) is 4.74 Å². The van der Waals surface area contributed by atoms with E-state index in [1.54, 1.807) is 19.1 Å². The molecule has 0 amide bonds. The van der Waals surface area contributed by atoms with Crippen molar-refractivity contribution in [2.24, 2.45) is 5.92 Å². The number of methoxy groups -OCH3 is 1. The second-order valence-corrected chi connectivity index (χ2v) is 6.49. The highest BCUT2D eigenvalue weighted by molar-refractivity contribution is 7.17. The number of carboxylic acids is 1. The fourth-order valence-electron chi connectivity index (χ4n) is 2.24. The number of rotatable bonds is 3. The van der Waals surface area contributed by atoms with E-state index < -0.39 is 5.97 Å². The van der Waals surface area contributed by atoms with Crippen molar-refractivity contribution in [3.05, 3.63) is 33.8 Å². The molecule has 0 aliphatic heterocycles. The number of aryl methyl sites for hydroxylation is 1. The van der Waals surface area contributed by atoms with Gasteiger partial charge in [0, 0.05) is 11.5 Å². The Hall–Kier alpha value is -2.83. The van der Waals surface area contributed by atoms with Crippen LogP contribution < -0.4 is 4.74 Å². The van der Waals surface area contributed by atoms with Crippen LogP contribution in [0.5, 0.6) is 5.75 Å². The van der Waals surface area contributed by atoms with Crippen LogP contribution in [-0.2, 0) is 0 Å². The van der Waals surface area contributed by atoms with E-state index in [1.165, 1.54) is 7.11 Å². The van der Waals surface area contributed by atoms with Gasteiger partial charge in [-0.15, -0.1) is 11.3 Å². The van der Waals surface area contributed by atoms with Crippen LogP contribution in [0.2, 0.25) is 0 Å². The third-order valence-corrected chi connectivity index (χ3v) is 4.85. The Kier molecular flexibility index (Phi) is 4.24. The van der Waals surface area contributed by atoms with Crippen molar-refractivity contribution in [2.75, 3.05) is 7.11 Å². The summed E-state index contributed by atoms with van der Waals surface area (Å²) in [6.45, 7) is 1.65. The van der Waals surface area contributed by atoms with Gasteiger partial charge >= 0.3 is 5.97 Å². The van der Waals surface area contributed by atoms with E-state index in [1.807, 2.05) is 0 Å². The van der Waals surface area contributed by atoms with Crippen molar-refractivity contribution in [1.82, 2.24) is 4.98 Å². The summed E-state index contributed by atoms with van der Waals surface area (Å²) < 4.78 is 5.39. The number of carbonyl (C=O) groups is 1. The molecule has 1 aliphatic rings. The normalized spacial score (nSPS) is 12.9. The van der Waals surface area contributed by atoms with Crippen molar-refractivity contribution >= 4 is 17.3 Å². The first-order chi connectivity index (χ1) is 11.5. The fraction of sp³-hybridized carbons (Fsp3) is 0.278. The Balaban J connectivity index is 2.10. The quantitative estimate of drug-likeness (QED) is 0.867. The fourth-order valence-corrected chi connectivity index (χ4v) is 3.13. The SMILES string of the molecule is COc1cc(-c2nc(C)c(C(=O)O)s2)cc(C#N)c1C#CC1CC1. The van der Waals surface area contributed by atoms with Crippen LogP contribution in [0.25, 0.3) is 10.6 Å². The maximum atomic E-state index is 11.2. The van der Waals surface area contributed by atoms with E-state index in [2.05, 4.69) is 22.9 Å². The average molecular weight is 338 g/mol. The zero-order valence-corrected chi connectivity index (χ0v) is 14.0. The number of benzene rings is 1. The van der Waals surface area contributed by atoms with Crippen LogP contribution in [0, 0.1) is 36.0 Å². The van der Waals surface area contributed by atoms with Gasteiger partial charge in [-0.1, -0.05) is 11.8 Å². The Bertz CT molecular complexity index is 924. The molecular formula is C18H14N2O3S. The van der Waals surface area contributed by atoms with Crippen molar-refractivity contribution in [3.8, 4) is 34.2 Å². The molecule has 5 nitrogen and oxygen atoms in total. The standard InChI is InChI=1S/C18H14N2O3S/c1-10-16(18(21)22)24-17(20-10)12-7-13(9-19)14(15(8-12)23-2)6-5-11-3-4-11/h7-8,11H,3-4H2,1-2H3,(H,21,22). The highest BCUT2D eigenvalue weighted by Gasteiger charge is 2.20. The van der Waals surface area contributed by atoms with Gasteiger partial charge in [0.15, 0.2) is 0 Å². The summed E-state index contributed by atoms with van der Waals surface area (Å²) in [4.78, 5) is 15.7. The molecule has 1 aromatic carbocycles. The van der Waals surface area contributed by atoms with Gasteiger partial charge in [-0.3, -0.25) is 0 Å². The first-order valence-corrected chi connectivity index (χ1v) is 8.20. The van der Waals surface area contributed by atoms with Gasteiger partial charge in [0.1, 0.15) is 21.7 Å². The summed E-state index contributed by atoms with van der Waals surface area (Å²) in [7, 11) is 1.53. The number of nitriles is 1. The number of aromatic nitrogens is 1. The second-order valence-electron chi connectivity index (χ2n) is 5.50. The molecule has 6 heteroatoms. The van der Waals surface area contributed by atoms with Crippen LogP contribution >= 0.6 is 11.3 Å². The molecule has 1 N–H and O–H groups in total. The lowest BCUT2D eigenvalue weighted by molar-refractivity contribution is 0.0701. The van der Waals surface area contributed by atoms with Gasteiger partial charge in [0.25, 0.3) is 0 Å². The number of nitrogens with zero attached hydrogens (tertiary/aromatic N) is 2. The number of carboxylic acid groups (broad SMARTS) is 1. The molecule has 0 atom stereocenters. The third kappa shape index (κ3) is 3.10. The maximum absolute atomic E-state index is 11.2. The molecule has 0 saturated heterocycles. The van der Waals surface area contributed by atoms with E-state index >= 15 is 0 Å². The predicted octanol–water partition coefficient (Wildman–Crippen LogP) is 3.46. The Morgan fingerprint density at radius 2 is 2.21 bits per heavy atom. The summed E-state index contributed by atoms with van der Waals surface area (Å²) in [5.74, 6) is 6.10. The Morgan fingerprint density at radius 1 is 1.46 bits per heavy atom. The average Bonchev–Trinajstić information content (AvgIpc) is 3.32. The third-order valence-electron chi connectivity index (χ3n) is 3.66. The minimum Gasteiger partial charge on any atom is -0.495 e. The van der Waals surface area contributed by atoms with Gasteiger partial charge in [-0.05, 0) is 31.9 Å². The summed E-state index contributed by atoms with van der Waals surface area (Å²) in [5.41, 5.74) is 2.09. The molecule has 1 aliphatic carbocycles. The molecule has 0 radical (unpaired) electrons. The number of aromatic carboxylic acids is 1. The van der Waals surface area contributed by atoms with Crippen molar-refractivity contribution < 1.29 is 14.6 Å². The first kappa shape index (κ1) is 16.0. The molecule has 1 aromatic heterocycles. The summed E-state index contributed by atoms with van der Waals surface area (Å²) in [5, 5.41) is 19.2. The molecule has 2 aromatic rings. The van der Waals surface area contributed by atoms with E-state index in [9.17, 15) is 15.2 Å². The predicted molar refractivity (Wildman–Crippen MR) is 90.1 cm³/mol. The van der Waals surface area contributed by atoms with Crippen molar-refractivity contribution in [2.45, 2.75) is 19.8 Å². The van der Waals surface area contributed by atoms with E-state index in [0.29, 0.717) is 39.1 Å².